The predicted molar refractivity (Wildman–Crippen MR) is 77.7 cm³/mol. The second-order valence-electron chi connectivity index (χ2n) is 5.09. The molecule has 0 bridgehead atoms. The van der Waals surface area contributed by atoms with Crippen molar-refractivity contribution >= 4 is 5.91 Å². The lowest BCUT2D eigenvalue weighted by molar-refractivity contribution is -0.118. The van der Waals surface area contributed by atoms with Crippen LogP contribution in [0.2, 0.25) is 0 Å². The predicted octanol–water partition coefficient (Wildman–Crippen LogP) is 1.52. The van der Waals surface area contributed by atoms with Crippen LogP contribution in [-0.4, -0.2) is 39.6 Å². The largest absolute Gasteiger partial charge is 0.359 e. The van der Waals surface area contributed by atoms with Gasteiger partial charge >= 0.3 is 0 Å². The number of nitrogens with one attached hydrogen (secondary N) is 3. The molecule has 108 valence electrons. The van der Waals surface area contributed by atoms with E-state index in [1.54, 1.807) is 7.05 Å². The van der Waals surface area contributed by atoms with E-state index in [2.05, 4.69) is 23.0 Å². The van der Waals surface area contributed by atoms with E-state index in [-0.39, 0.29) is 5.91 Å². The van der Waals surface area contributed by atoms with Crippen LogP contribution in [-0.2, 0) is 4.79 Å². The summed E-state index contributed by atoms with van der Waals surface area (Å²) >= 11 is 0. The highest BCUT2D eigenvalue weighted by Gasteiger charge is 2.17. The lowest BCUT2D eigenvalue weighted by Crippen LogP contribution is -2.37. The van der Waals surface area contributed by atoms with E-state index >= 15 is 0 Å². The molecule has 0 aromatic heterocycles. The highest BCUT2D eigenvalue weighted by molar-refractivity contribution is 5.72. The Balaban J connectivity index is 0.000000494. The number of likely N-dealkylation sites (N-methyl/N-ethyl adjacent to an activating group) is 2. The number of carbonyl (C=O) groups is 1. The molecule has 0 heterocycles. The van der Waals surface area contributed by atoms with Gasteiger partial charge in [-0.1, -0.05) is 32.1 Å². The zero-order valence-corrected chi connectivity index (χ0v) is 12.5. The number of hydrogen-bond acceptors (Lipinski definition) is 3. The molecule has 0 saturated heterocycles. The third kappa shape index (κ3) is 9.42. The molecule has 0 unspecified atom stereocenters. The lowest BCUT2D eigenvalue weighted by atomic mass is 9.85. The molecule has 1 rings (SSSR count). The van der Waals surface area contributed by atoms with Crippen LogP contribution in [0.5, 0.6) is 0 Å². The second-order valence-corrected chi connectivity index (χ2v) is 5.09. The highest BCUT2D eigenvalue weighted by Crippen LogP contribution is 2.27. The Morgan fingerprint density at radius 3 is 2.11 bits per heavy atom. The number of carbonyl (C=O) groups excluding carboxylic acids is 1. The van der Waals surface area contributed by atoms with Gasteiger partial charge in [0.25, 0.3) is 0 Å². The third-order valence-corrected chi connectivity index (χ3v) is 3.55. The van der Waals surface area contributed by atoms with E-state index in [1.165, 1.54) is 45.4 Å². The summed E-state index contributed by atoms with van der Waals surface area (Å²) in [6.45, 7) is 2.58. The van der Waals surface area contributed by atoms with Crippen LogP contribution in [0.4, 0.5) is 0 Å². The summed E-state index contributed by atoms with van der Waals surface area (Å²) in [7, 11) is 5.71. The van der Waals surface area contributed by atoms with Crippen molar-refractivity contribution in [2.75, 3.05) is 27.7 Å². The zero-order chi connectivity index (χ0) is 13.8. The molecule has 0 radical (unpaired) electrons. The first-order valence-corrected chi connectivity index (χ1v) is 7.14. The van der Waals surface area contributed by atoms with Gasteiger partial charge in [-0.2, -0.15) is 0 Å². The van der Waals surface area contributed by atoms with E-state index in [4.69, 9.17) is 0 Å². The van der Waals surface area contributed by atoms with Crippen LogP contribution >= 0.6 is 0 Å². The first-order chi connectivity index (χ1) is 8.63. The summed E-state index contributed by atoms with van der Waals surface area (Å²) in [6, 6.07) is 0.674. The van der Waals surface area contributed by atoms with Crippen molar-refractivity contribution < 1.29 is 4.79 Å². The Hall–Kier alpha value is -0.610. The van der Waals surface area contributed by atoms with Crippen LogP contribution in [0.1, 0.15) is 45.4 Å². The van der Waals surface area contributed by atoms with E-state index in [9.17, 15) is 4.79 Å². The molecule has 1 amide bonds. The van der Waals surface area contributed by atoms with Gasteiger partial charge in [0.1, 0.15) is 0 Å². The fraction of sp³-hybridized carbons (Fsp3) is 0.929. The molecule has 0 aromatic carbocycles. The Morgan fingerprint density at radius 2 is 1.72 bits per heavy atom. The van der Waals surface area contributed by atoms with Gasteiger partial charge in [-0.15, -0.1) is 0 Å². The first-order valence-electron chi connectivity index (χ1n) is 7.14. The molecule has 4 heteroatoms. The van der Waals surface area contributed by atoms with Crippen molar-refractivity contribution in [1.82, 2.24) is 16.0 Å². The minimum atomic E-state index is 0.00463. The maximum atomic E-state index is 9.70. The van der Waals surface area contributed by atoms with Gasteiger partial charge in [0.05, 0.1) is 0 Å². The van der Waals surface area contributed by atoms with Gasteiger partial charge in [0, 0.05) is 26.6 Å². The summed E-state index contributed by atoms with van der Waals surface area (Å²) in [5.74, 6) is 0.990. The molecule has 0 aliphatic heterocycles. The molecule has 4 nitrogen and oxygen atoms in total. The van der Waals surface area contributed by atoms with Crippen molar-refractivity contribution in [2.24, 2.45) is 5.92 Å². The topological polar surface area (TPSA) is 53.2 Å². The molecular weight excluding hydrogens is 226 g/mol. The fourth-order valence-electron chi connectivity index (χ4n) is 2.37. The van der Waals surface area contributed by atoms with E-state index in [0.29, 0.717) is 6.04 Å². The molecular formula is C14H31N3O. The molecule has 1 aliphatic carbocycles. The Morgan fingerprint density at radius 1 is 1.17 bits per heavy atom. The quantitative estimate of drug-likeness (QED) is 0.700. The number of rotatable bonds is 5. The number of amides is 1. The fourth-order valence-corrected chi connectivity index (χ4v) is 2.37. The molecule has 1 fully saturated rings. The minimum Gasteiger partial charge on any atom is -0.359 e. The minimum absolute atomic E-state index is 0.00463. The Kier molecular flexibility index (Phi) is 11.1. The molecule has 0 spiro atoms. The van der Waals surface area contributed by atoms with Crippen LogP contribution in [0, 0.1) is 5.92 Å². The summed E-state index contributed by atoms with van der Waals surface area (Å²) < 4.78 is 0. The van der Waals surface area contributed by atoms with Gasteiger partial charge < -0.3 is 16.0 Å². The number of hydrogen-bond donors (Lipinski definition) is 3. The monoisotopic (exact) mass is 257 g/mol. The van der Waals surface area contributed by atoms with Crippen molar-refractivity contribution in [3.63, 3.8) is 0 Å². The standard InChI is InChI=1S/C11H24N2.C3H7NO/c1-12-9-11(13-2)8-10-6-4-3-5-7-10;1-3(5)4-2/h10-13H,3-9H2,1-2H3;1-2H3,(H,4,5)/t11-;/m0./s1. The summed E-state index contributed by atoms with van der Waals surface area (Å²) in [5, 5.41) is 9.02. The molecule has 3 N–H and O–H groups in total. The SMILES string of the molecule is CNC(C)=O.CNC[C@H](CC1CCCCC1)NC. The highest BCUT2D eigenvalue weighted by atomic mass is 16.1. The lowest BCUT2D eigenvalue weighted by Gasteiger charge is -2.26. The smallest absolute Gasteiger partial charge is 0.216 e. The van der Waals surface area contributed by atoms with Crippen molar-refractivity contribution in [3.05, 3.63) is 0 Å². The summed E-state index contributed by atoms with van der Waals surface area (Å²) in [5.41, 5.74) is 0. The third-order valence-electron chi connectivity index (χ3n) is 3.55. The Labute approximate surface area is 112 Å². The van der Waals surface area contributed by atoms with Crippen molar-refractivity contribution in [1.29, 1.82) is 0 Å². The maximum Gasteiger partial charge on any atom is 0.216 e. The second kappa shape index (κ2) is 11.5. The van der Waals surface area contributed by atoms with Crippen molar-refractivity contribution in [3.8, 4) is 0 Å². The van der Waals surface area contributed by atoms with Crippen molar-refractivity contribution in [2.45, 2.75) is 51.5 Å². The van der Waals surface area contributed by atoms with Crippen LogP contribution in [0.25, 0.3) is 0 Å². The van der Waals surface area contributed by atoms with Crippen LogP contribution in [0.15, 0.2) is 0 Å². The molecule has 18 heavy (non-hydrogen) atoms. The van der Waals surface area contributed by atoms with Gasteiger partial charge in [0.2, 0.25) is 5.91 Å². The maximum absolute atomic E-state index is 9.70. The zero-order valence-electron chi connectivity index (χ0n) is 12.5. The summed E-state index contributed by atoms with van der Waals surface area (Å²) in [4.78, 5) is 9.70. The van der Waals surface area contributed by atoms with Crippen LogP contribution in [0.3, 0.4) is 0 Å². The van der Waals surface area contributed by atoms with Gasteiger partial charge in [-0.05, 0) is 26.4 Å². The van der Waals surface area contributed by atoms with E-state index < -0.39 is 0 Å². The van der Waals surface area contributed by atoms with Crippen LogP contribution < -0.4 is 16.0 Å². The van der Waals surface area contributed by atoms with Gasteiger partial charge in [-0.3, -0.25) is 4.79 Å². The average Bonchev–Trinajstić information content (AvgIpc) is 2.40. The van der Waals surface area contributed by atoms with E-state index in [1.807, 2.05) is 7.05 Å². The van der Waals surface area contributed by atoms with E-state index in [0.717, 1.165) is 12.5 Å². The molecule has 1 aliphatic rings. The molecule has 0 aromatic rings. The average molecular weight is 257 g/mol. The molecule has 1 atom stereocenters. The first kappa shape index (κ1) is 17.4. The normalized spacial score (nSPS) is 17.6. The summed E-state index contributed by atoms with van der Waals surface area (Å²) in [6.07, 6.45) is 8.66. The Bertz CT molecular complexity index is 200. The van der Waals surface area contributed by atoms with Gasteiger partial charge in [-0.25, -0.2) is 0 Å². The molecule has 1 saturated carbocycles. The van der Waals surface area contributed by atoms with Gasteiger partial charge in [0.15, 0.2) is 0 Å².